The van der Waals surface area contributed by atoms with E-state index in [1.807, 2.05) is 119 Å². The number of rotatable bonds is 5. The van der Waals surface area contributed by atoms with Crippen molar-refractivity contribution in [3.63, 3.8) is 0 Å². The molecule has 274 valence electrons. The molecule has 0 bridgehead atoms. The Bertz CT molecular complexity index is 1900. The zero-order valence-electron chi connectivity index (χ0n) is 31.0. The molecule has 0 radical (unpaired) electrons. The fourth-order valence-electron chi connectivity index (χ4n) is 6.84. The molecule has 10 nitrogen and oxygen atoms in total. The highest BCUT2D eigenvalue weighted by atomic mass is 16.6. The van der Waals surface area contributed by atoms with Gasteiger partial charge < -0.3 is 30.0 Å². The summed E-state index contributed by atoms with van der Waals surface area (Å²) in [6, 6.07) is 22.3. The van der Waals surface area contributed by atoms with Gasteiger partial charge in [-0.15, -0.1) is 0 Å². The molecule has 0 aliphatic carbocycles. The van der Waals surface area contributed by atoms with Crippen molar-refractivity contribution in [2.45, 2.75) is 77.8 Å². The van der Waals surface area contributed by atoms with Crippen LogP contribution in [-0.2, 0) is 35.1 Å². The molecule has 0 saturated heterocycles. The number of allylic oxidation sites excluding steroid dienone is 1. The van der Waals surface area contributed by atoms with Gasteiger partial charge in [0.05, 0.1) is 6.04 Å². The van der Waals surface area contributed by atoms with E-state index in [1.54, 1.807) is 14.0 Å². The number of hydrogen-bond donors (Lipinski definition) is 3. The van der Waals surface area contributed by atoms with Crippen LogP contribution < -0.4 is 10.6 Å². The number of carbonyl (C=O) groups excluding carboxylic acids is 4. The number of carbonyl (C=O) groups is 4. The van der Waals surface area contributed by atoms with E-state index in [1.165, 1.54) is 12.0 Å². The summed E-state index contributed by atoms with van der Waals surface area (Å²) in [5.41, 5.74) is 5.29. The van der Waals surface area contributed by atoms with Crippen LogP contribution in [0, 0.1) is 11.8 Å². The Labute approximate surface area is 306 Å². The number of aromatic nitrogens is 1. The molecule has 1 aliphatic rings. The highest BCUT2D eigenvalue weighted by Crippen LogP contribution is 2.28. The van der Waals surface area contributed by atoms with Crippen LogP contribution in [0.15, 0.2) is 96.7 Å². The van der Waals surface area contributed by atoms with Crippen LogP contribution in [0.3, 0.4) is 0 Å². The highest BCUT2D eigenvalue weighted by molar-refractivity contribution is 5.93. The summed E-state index contributed by atoms with van der Waals surface area (Å²) < 4.78 is 11.8. The Morgan fingerprint density at radius 2 is 1.48 bits per heavy atom. The van der Waals surface area contributed by atoms with Gasteiger partial charge >= 0.3 is 5.97 Å². The molecule has 3 aromatic carbocycles. The summed E-state index contributed by atoms with van der Waals surface area (Å²) >= 11 is 0. The maximum Gasteiger partial charge on any atom is 0.338 e. The molecule has 52 heavy (non-hydrogen) atoms. The zero-order chi connectivity index (χ0) is 37.5. The van der Waals surface area contributed by atoms with Gasteiger partial charge in [0.15, 0.2) is 6.10 Å². The molecule has 10 heteroatoms. The minimum absolute atomic E-state index is 0.162. The van der Waals surface area contributed by atoms with E-state index in [0.717, 1.165) is 33.2 Å². The van der Waals surface area contributed by atoms with Gasteiger partial charge in [0.1, 0.15) is 18.2 Å². The van der Waals surface area contributed by atoms with E-state index in [-0.39, 0.29) is 18.2 Å². The molecule has 0 saturated carbocycles. The van der Waals surface area contributed by atoms with Gasteiger partial charge in [0, 0.05) is 49.5 Å². The Kier molecular flexibility index (Phi) is 12.3. The molecule has 0 spiro atoms. The van der Waals surface area contributed by atoms with Crippen molar-refractivity contribution in [1.82, 2.24) is 20.5 Å². The number of cyclic esters (lactones) is 1. The van der Waals surface area contributed by atoms with Gasteiger partial charge in [-0.3, -0.25) is 14.4 Å². The number of nitrogens with one attached hydrogen (secondary N) is 3. The number of H-pyrrole nitrogens is 1. The first-order valence-electron chi connectivity index (χ1n) is 17.9. The minimum Gasteiger partial charge on any atom is -0.460 e. The molecule has 2 heterocycles. The van der Waals surface area contributed by atoms with Crippen molar-refractivity contribution in [2.75, 3.05) is 14.2 Å². The lowest BCUT2D eigenvalue weighted by molar-refractivity contribution is -0.164. The molecule has 1 aromatic heterocycles. The predicted octanol–water partition coefficient (Wildman–Crippen LogP) is 6.14. The summed E-state index contributed by atoms with van der Waals surface area (Å²) in [6.07, 6.45) is 2.71. The van der Waals surface area contributed by atoms with Crippen molar-refractivity contribution in [2.24, 2.45) is 11.8 Å². The van der Waals surface area contributed by atoms with E-state index in [9.17, 15) is 19.2 Å². The van der Waals surface area contributed by atoms with E-state index in [0.29, 0.717) is 12.0 Å². The van der Waals surface area contributed by atoms with Crippen molar-refractivity contribution in [1.29, 1.82) is 0 Å². The van der Waals surface area contributed by atoms with E-state index >= 15 is 0 Å². The number of likely N-dealkylation sites (N-methyl/N-ethyl adjacent to an activating group) is 1. The average Bonchev–Trinajstić information content (AvgIpc) is 3.55. The van der Waals surface area contributed by atoms with Crippen LogP contribution in [0.1, 0.15) is 58.2 Å². The largest absolute Gasteiger partial charge is 0.460 e. The summed E-state index contributed by atoms with van der Waals surface area (Å²) in [7, 11) is 2.98. The monoisotopic (exact) mass is 706 g/mol. The van der Waals surface area contributed by atoms with Gasteiger partial charge in [-0.05, 0) is 55.5 Å². The lowest BCUT2D eigenvalue weighted by Gasteiger charge is -2.33. The molecule has 4 aromatic rings. The topological polar surface area (TPSA) is 130 Å². The van der Waals surface area contributed by atoms with Crippen molar-refractivity contribution >= 4 is 34.6 Å². The molecule has 3 amide bonds. The smallest absolute Gasteiger partial charge is 0.338 e. The molecule has 3 N–H and O–H groups in total. The number of esters is 1. The Balaban J connectivity index is 1.58. The summed E-state index contributed by atoms with van der Waals surface area (Å²) in [5.74, 6) is -2.43. The number of benzene rings is 3. The van der Waals surface area contributed by atoms with Gasteiger partial charge in [-0.2, -0.15) is 0 Å². The maximum atomic E-state index is 14.6. The quantitative estimate of drug-likeness (QED) is 0.169. The van der Waals surface area contributed by atoms with Crippen LogP contribution in [-0.4, -0.2) is 72.0 Å². The highest BCUT2D eigenvalue weighted by Gasteiger charge is 2.38. The lowest BCUT2D eigenvalue weighted by Crippen LogP contribution is -2.56. The second-order valence-corrected chi connectivity index (χ2v) is 14.0. The lowest BCUT2D eigenvalue weighted by atomic mass is 9.95. The predicted molar refractivity (Wildman–Crippen MR) is 202 cm³/mol. The third-order valence-corrected chi connectivity index (χ3v) is 10.1. The fraction of sp³-hybridized carbons (Fsp3) is 0.381. The third kappa shape index (κ3) is 8.80. The number of nitrogens with zero attached hydrogens (tertiary/aromatic N) is 1. The van der Waals surface area contributed by atoms with E-state index < -0.39 is 54.0 Å². The second-order valence-electron chi connectivity index (χ2n) is 14.0. The first kappa shape index (κ1) is 38.0. The fourth-order valence-corrected chi connectivity index (χ4v) is 6.84. The van der Waals surface area contributed by atoms with Gasteiger partial charge in [0.25, 0.3) is 0 Å². The number of amides is 3. The SMILES string of the molecule is CO[C@@H]1C(=O)O[C@H](C)[C@H](C)/C=C(\C)C[C@H](C)C(=O)N[C@@H](C)C(=O)N(C)[C@H](Cc2c[nH]c3ccccc23)C(=O)N[C@@H]1c1ccc(-c2ccccc2)cc1. The number of aromatic amines is 1. The van der Waals surface area contributed by atoms with Crippen molar-refractivity contribution in [3.05, 3.63) is 108 Å². The van der Waals surface area contributed by atoms with E-state index in [4.69, 9.17) is 9.47 Å². The van der Waals surface area contributed by atoms with Crippen LogP contribution >= 0.6 is 0 Å². The average molecular weight is 707 g/mol. The van der Waals surface area contributed by atoms with Gasteiger partial charge in [-0.25, -0.2) is 4.79 Å². The number of ether oxygens (including phenoxy) is 2. The molecular formula is C42H50N4O6. The van der Waals surface area contributed by atoms with Crippen LogP contribution in [0.2, 0.25) is 0 Å². The van der Waals surface area contributed by atoms with Crippen molar-refractivity contribution in [3.8, 4) is 11.1 Å². The maximum absolute atomic E-state index is 14.6. The molecule has 0 fully saturated rings. The molecule has 0 unspecified atom stereocenters. The minimum atomic E-state index is -1.21. The zero-order valence-corrected chi connectivity index (χ0v) is 31.0. The Hall–Kier alpha value is -5.22. The number of para-hydroxylation sites is 1. The third-order valence-electron chi connectivity index (χ3n) is 10.1. The molecular weight excluding hydrogens is 656 g/mol. The number of hydrogen-bond acceptors (Lipinski definition) is 6. The van der Waals surface area contributed by atoms with Gasteiger partial charge in [-0.1, -0.05) is 98.3 Å². The molecule has 7 atom stereocenters. The first-order valence-corrected chi connectivity index (χ1v) is 17.9. The Morgan fingerprint density at radius 1 is 0.827 bits per heavy atom. The Morgan fingerprint density at radius 3 is 2.17 bits per heavy atom. The van der Waals surface area contributed by atoms with E-state index in [2.05, 4.69) is 15.6 Å². The molecule has 5 rings (SSSR count). The number of methoxy groups -OCH3 is 1. The number of fused-ring (bicyclic) bond motifs is 1. The van der Waals surface area contributed by atoms with Crippen LogP contribution in [0.4, 0.5) is 0 Å². The van der Waals surface area contributed by atoms with Crippen LogP contribution in [0.5, 0.6) is 0 Å². The summed E-state index contributed by atoms with van der Waals surface area (Å²) in [6.45, 7) is 9.13. The normalized spacial score (nSPS) is 26.8. The standard InChI is InChI=1S/C42H50N4O6/c1-25-21-26(2)29(5)52-42(50)38(51-7)37(32-19-17-31(18-20-32)30-13-9-8-10-14-30)45-40(48)36(23-33-24-43-35-16-12-11-15-34(33)35)46(6)41(49)28(4)44-39(47)27(3)22-25/h8-21,24,26-29,36-38,43H,22-23H2,1-7H3,(H,44,47)(H,45,48)/b25-21+/t26-,27+,28+,29-,36-,37-,38+/m1/s1. The van der Waals surface area contributed by atoms with Crippen molar-refractivity contribution < 1.29 is 28.7 Å². The summed E-state index contributed by atoms with van der Waals surface area (Å²) in [5, 5.41) is 6.87. The first-order chi connectivity index (χ1) is 24.9. The second kappa shape index (κ2) is 16.9. The summed E-state index contributed by atoms with van der Waals surface area (Å²) in [4.78, 5) is 60.5. The van der Waals surface area contributed by atoms with Crippen LogP contribution in [0.25, 0.3) is 22.0 Å². The van der Waals surface area contributed by atoms with Gasteiger partial charge in [0.2, 0.25) is 17.7 Å². The molecule has 1 aliphatic heterocycles.